The van der Waals surface area contributed by atoms with Crippen LogP contribution in [-0.2, 0) is 7.05 Å². The standard InChI is InChI=1S/C10H13N5OS/c1-6(8-4-11-15(3)5-8)12-10(16)9-7(2)13-17-14-9/h4-6H,1-3H3,(H,12,16). The molecule has 1 unspecified atom stereocenters. The Bertz CT molecular complexity index is 532. The van der Waals surface area contributed by atoms with Gasteiger partial charge in [-0.3, -0.25) is 9.48 Å². The number of amides is 1. The van der Waals surface area contributed by atoms with Gasteiger partial charge in [0.15, 0.2) is 5.69 Å². The minimum absolute atomic E-state index is 0.0997. The van der Waals surface area contributed by atoms with E-state index in [1.54, 1.807) is 17.8 Å². The Morgan fingerprint density at radius 3 is 2.82 bits per heavy atom. The maximum atomic E-state index is 11.9. The number of aryl methyl sites for hydroxylation is 2. The van der Waals surface area contributed by atoms with E-state index in [-0.39, 0.29) is 11.9 Å². The molecule has 0 bridgehead atoms. The van der Waals surface area contributed by atoms with Crippen LogP contribution in [0.1, 0.15) is 34.7 Å². The van der Waals surface area contributed by atoms with Crippen LogP contribution in [0.3, 0.4) is 0 Å². The monoisotopic (exact) mass is 251 g/mol. The highest BCUT2D eigenvalue weighted by Crippen LogP contribution is 2.12. The van der Waals surface area contributed by atoms with Crippen molar-refractivity contribution in [1.29, 1.82) is 0 Å². The third-order valence-electron chi connectivity index (χ3n) is 2.44. The second-order valence-electron chi connectivity index (χ2n) is 3.84. The number of aromatic nitrogens is 4. The fourth-order valence-electron chi connectivity index (χ4n) is 1.45. The molecular weight excluding hydrogens is 238 g/mol. The Balaban J connectivity index is 2.07. The molecule has 6 nitrogen and oxygen atoms in total. The average Bonchev–Trinajstić information content (AvgIpc) is 2.86. The van der Waals surface area contributed by atoms with Crippen LogP contribution < -0.4 is 5.32 Å². The summed E-state index contributed by atoms with van der Waals surface area (Å²) in [5.74, 6) is -0.201. The van der Waals surface area contributed by atoms with Gasteiger partial charge in [0.25, 0.3) is 5.91 Å². The van der Waals surface area contributed by atoms with E-state index in [0.717, 1.165) is 17.3 Å². The van der Waals surface area contributed by atoms with Gasteiger partial charge in [0, 0.05) is 18.8 Å². The Morgan fingerprint density at radius 1 is 1.53 bits per heavy atom. The summed E-state index contributed by atoms with van der Waals surface area (Å²) in [6, 6.07) is -0.0997. The number of nitrogens with one attached hydrogen (secondary N) is 1. The van der Waals surface area contributed by atoms with Gasteiger partial charge in [-0.15, -0.1) is 0 Å². The van der Waals surface area contributed by atoms with E-state index in [1.807, 2.05) is 20.2 Å². The molecule has 90 valence electrons. The summed E-state index contributed by atoms with van der Waals surface area (Å²) in [6.45, 7) is 3.68. The Morgan fingerprint density at radius 2 is 2.29 bits per heavy atom. The first-order chi connectivity index (χ1) is 8.08. The van der Waals surface area contributed by atoms with Gasteiger partial charge in [0.05, 0.1) is 29.7 Å². The summed E-state index contributed by atoms with van der Waals surface area (Å²) in [7, 11) is 1.84. The maximum absolute atomic E-state index is 11.9. The zero-order chi connectivity index (χ0) is 12.4. The SMILES string of the molecule is Cc1nsnc1C(=O)NC(C)c1cnn(C)c1. The third kappa shape index (κ3) is 2.50. The molecule has 0 saturated carbocycles. The number of hydrogen-bond donors (Lipinski definition) is 1. The van der Waals surface area contributed by atoms with E-state index in [0.29, 0.717) is 11.4 Å². The molecule has 2 aromatic heterocycles. The molecule has 0 aromatic carbocycles. The smallest absolute Gasteiger partial charge is 0.273 e. The molecule has 7 heteroatoms. The molecule has 2 heterocycles. The lowest BCUT2D eigenvalue weighted by Crippen LogP contribution is -2.27. The van der Waals surface area contributed by atoms with Crippen molar-refractivity contribution in [2.24, 2.45) is 7.05 Å². The van der Waals surface area contributed by atoms with Crippen LogP contribution in [0.2, 0.25) is 0 Å². The largest absolute Gasteiger partial charge is 0.344 e. The summed E-state index contributed by atoms with van der Waals surface area (Å²) in [4.78, 5) is 11.9. The third-order valence-corrected chi connectivity index (χ3v) is 3.06. The molecule has 17 heavy (non-hydrogen) atoms. The van der Waals surface area contributed by atoms with E-state index in [4.69, 9.17) is 0 Å². The van der Waals surface area contributed by atoms with Gasteiger partial charge in [-0.25, -0.2) is 0 Å². The predicted molar refractivity (Wildman–Crippen MR) is 63.7 cm³/mol. The van der Waals surface area contributed by atoms with Crippen LogP contribution in [-0.4, -0.2) is 24.4 Å². The van der Waals surface area contributed by atoms with Crippen LogP contribution in [0.25, 0.3) is 0 Å². The lowest BCUT2D eigenvalue weighted by molar-refractivity contribution is 0.0935. The minimum atomic E-state index is -0.201. The van der Waals surface area contributed by atoms with E-state index in [9.17, 15) is 4.79 Å². The van der Waals surface area contributed by atoms with Gasteiger partial charge in [-0.05, 0) is 13.8 Å². The molecule has 0 radical (unpaired) electrons. The van der Waals surface area contributed by atoms with Crippen molar-refractivity contribution in [2.45, 2.75) is 19.9 Å². The maximum Gasteiger partial charge on any atom is 0.273 e. The summed E-state index contributed by atoms with van der Waals surface area (Å²) in [5.41, 5.74) is 2.01. The Labute approximate surface area is 103 Å². The van der Waals surface area contributed by atoms with Crippen LogP contribution in [0.4, 0.5) is 0 Å². The molecule has 2 rings (SSSR count). The molecule has 2 aromatic rings. The molecular formula is C10H13N5OS. The molecule has 1 N–H and O–H groups in total. The summed E-state index contributed by atoms with van der Waals surface area (Å²) in [5, 5.41) is 6.93. The van der Waals surface area contributed by atoms with Gasteiger partial charge in [0.2, 0.25) is 0 Å². The fraction of sp³-hybridized carbons (Fsp3) is 0.400. The molecule has 0 saturated heterocycles. The zero-order valence-electron chi connectivity index (χ0n) is 9.84. The molecule has 1 amide bonds. The number of carbonyl (C=O) groups is 1. The first kappa shape index (κ1) is 11.7. The first-order valence-corrected chi connectivity index (χ1v) is 5.89. The molecule has 0 fully saturated rings. The van der Waals surface area contributed by atoms with Crippen molar-refractivity contribution in [3.8, 4) is 0 Å². The zero-order valence-corrected chi connectivity index (χ0v) is 10.7. The van der Waals surface area contributed by atoms with Gasteiger partial charge in [-0.2, -0.15) is 13.8 Å². The minimum Gasteiger partial charge on any atom is -0.344 e. The van der Waals surface area contributed by atoms with E-state index in [1.165, 1.54) is 0 Å². The number of carbonyl (C=O) groups excluding carboxylic acids is 1. The van der Waals surface area contributed by atoms with E-state index >= 15 is 0 Å². The predicted octanol–water partition coefficient (Wildman–Crippen LogP) is 1.07. The summed E-state index contributed by atoms with van der Waals surface area (Å²) in [6.07, 6.45) is 3.61. The number of hydrogen-bond acceptors (Lipinski definition) is 5. The molecule has 1 atom stereocenters. The second kappa shape index (κ2) is 4.62. The first-order valence-electron chi connectivity index (χ1n) is 5.16. The van der Waals surface area contributed by atoms with E-state index < -0.39 is 0 Å². The average molecular weight is 251 g/mol. The fourth-order valence-corrected chi connectivity index (χ4v) is 2.00. The van der Waals surface area contributed by atoms with Crippen LogP contribution in [0.5, 0.6) is 0 Å². The second-order valence-corrected chi connectivity index (χ2v) is 4.37. The quantitative estimate of drug-likeness (QED) is 0.885. The lowest BCUT2D eigenvalue weighted by atomic mass is 10.2. The number of nitrogens with zero attached hydrogens (tertiary/aromatic N) is 4. The molecule has 0 aliphatic rings. The Hall–Kier alpha value is -1.76. The highest BCUT2D eigenvalue weighted by atomic mass is 32.1. The topological polar surface area (TPSA) is 72.7 Å². The molecule has 0 aliphatic heterocycles. The number of rotatable bonds is 3. The van der Waals surface area contributed by atoms with Crippen molar-refractivity contribution in [2.75, 3.05) is 0 Å². The highest BCUT2D eigenvalue weighted by Gasteiger charge is 2.17. The van der Waals surface area contributed by atoms with Crippen molar-refractivity contribution in [3.05, 3.63) is 29.3 Å². The molecule has 0 spiro atoms. The van der Waals surface area contributed by atoms with Crippen LogP contribution in [0, 0.1) is 6.92 Å². The van der Waals surface area contributed by atoms with E-state index in [2.05, 4.69) is 19.2 Å². The molecule has 0 aliphatic carbocycles. The summed E-state index contributed by atoms with van der Waals surface area (Å²) < 4.78 is 9.64. The normalized spacial score (nSPS) is 12.4. The van der Waals surface area contributed by atoms with Gasteiger partial charge >= 0.3 is 0 Å². The van der Waals surface area contributed by atoms with Crippen LogP contribution >= 0.6 is 11.7 Å². The van der Waals surface area contributed by atoms with Gasteiger partial charge in [-0.1, -0.05) is 0 Å². The van der Waals surface area contributed by atoms with Gasteiger partial charge in [0.1, 0.15) is 0 Å². The van der Waals surface area contributed by atoms with Gasteiger partial charge < -0.3 is 5.32 Å². The van der Waals surface area contributed by atoms with Crippen molar-refractivity contribution in [1.82, 2.24) is 23.8 Å². The Kier molecular flexibility index (Phi) is 3.19. The lowest BCUT2D eigenvalue weighted by Gasteiger charge is -2.10. The van der Waals surface area contributed by atoms with Crippen molar-refractivity contribution in [3.63, 3.8) is 0 Å². The van der Waals surface area contributed by atoms with Crippen molar-refractivity contribution >= 4 is 17.6 Å². The summed E-state index contributed by atoms with van der Waals surface area (Å²) >= 11 is 1.04. The van der Waals surface area contributed by atoms with Crippen molar-refractivity contribution < 1.29 is 4.79 Å². The van der Waals surface area contributed by atoms with Crippen LogP contribution in [0.15, 0.2) is 12.4 Å². The highest BCUT2D eigenvalue weighted by molar-refractivity contribution is 6.99.